The highest BCUT2D eigenvalue weighted by atomic mass is 32.1. The summed E-state index contributed by atoms with van der Waals surface area (Å²) in [6.07, 6.45) is 1.67. The van der Waals surface area contributed by atoms with Gasteiger partial charge in [0.15, 0.2) is 0 Å². The third kappa shape index (κ3) is 4.10. The lowest BCUT2D eigenvalue weighted by atomic mass is 10.1. The van der Waals surface area contributed by atoms with Crippen LogP contribution in [0.3, 0.4) is 0 Å². The highest BCUT2D eigenvalue weighted by molar-refractivity contribution is 7.10. The third-order valence-corrected chi connectivity index (χ3v) is 5.62. The number of hydrogen-bond donors (Lipinski definition) is 1. The number of pyridine rings is 1. The first-order valence-electron chi connectivity index (χ1n) is 9.42. The van der Waals surface area contributed by atoms with E-state index in [2.05, 4.69) is 9.69 Å². The van der Waals surface area contributed by atoms with Crippen LogP contribution in [-0.4, -0.2) is 25.4 Å². The quantitative estimate of drug-likeness (QED) is 0.207. The number of nitrogens with one attached hydrogen (secondary N) is 1. The van der Waals surface area contributed by atoms with E-state index in [1.807, 2.05) is 6.07 Å². The molecule has 4 rings (SSSR count). The van der Waals surface area contributed by atoms with E-state index in [4.69, 9.17) is 5.26 Å². The Balaban J connectivity index is 1.73. The summed E-state index contributed by atoms with van der Waals surface area (Å²) in [6.45, 7) is 1.78. The summed E-state index contributed by atoms with van der Waals surface area (Å²) >= 11 is 1.07. The zero-order valence-electron chi connectivity index (χ0n) is 16.7. The zero-order chi connectivity index (χ0) is 22.8. The Kier molecular flexibility index (Phi) is 5.49. The number of aromatic nitrogens is 2. The molecule has 0 aliphatic heterocycles. The average molecular weight is 445 g/mol. The highest BCUT2D eigenvalue weighted by Gasteiger charge is 2.24. The van der Waals surface area contributed by atoms with E-state index >= 15 is 0 Å². The third-order valence-electron chi connectivity index (χ3n) is 4.82. The number of rotatable bonds is 6. The molecule has 0 unspecified atom stereocenters. The number of anilines is 1. The van der Waals surface area contributed by atoms with Crippen molar-refractivity contribution in [1.82, 2.24) is 8.77 Å². The maximum Gasteiger partial charge on any atom is 0.297 e. The van der Waals surface area contributed by atoms with Gasteiger partial charge in [-0.15, -0.1) is 0 Å². The van der Waals surface area contributed by atoms with Crippen molar-refractivity contribution in [2.75, 3.05) is 5.32 Å². The van der Waals surface area contributed by atoms with Gasteiger partial charge in [-0.25, -0.2) is 0 Å². The van der Waals surface area contributed by atoms with Crippen LogP contribution < -0.4 is 5.32 Å². The van der Waals surface area contributed by atoms with E-state index in [0.717, 1.165) is 22.8 Å². The van der Waals surface area contributed by atoms with Crippen molar-refractivity contribution in [1.29, 1.82) is 5.26 Å². The fourth-order valence-corrected chi connectivity index (χ4v) is 3.96. The molecule has 0 radical (unpaired) electrons. The number of nitriles is 1. The summed E-state index contributed by atoms with van der Waals surface area (Å²) < 4.78 is 5.62. The Morgan fingerprint density at radius 3 is 2.59 bits per heavy atom. The van der Waals surface area contributed by atoms with Crippen molar-refractivity contribution < 1.29 is 14.5 Å². The molecule has 4 aromatic rings. The lowest BCUT2D eigenvalue weighted by Crippen LogP contribution is -2.22. The minimum Gasteiger partial charge on any atom is -0.313 e. The van der Waals surface area contributed by atoms with Gasteiger partial charge >= 0.3 is 0 Å². The second-order valence-electron chi connectivity index (χ2n) is 7.05. The van der Waals surface area contributed by atoms with Gasteiger partial charge in [0.05, 0.1) is 39.5 Å². The van der Waals surface area contributed by atoms with Crippen molar-refractivity contribution in [3.8, 4) is 6.07 Å². The maximum absolute atomic E-state index is 12.9. The molecule has 0 aliphatic rings. The maximum atomic E-state index is 12.9. The van der Waals surface area contributed by atoms with Gasteiger partial charge in [0, 0.05) is 18.2 Å². The molecule has 0 aliphatic carbocycles. The molecule has 3 aromatic heterocycles. The van der Waals surface area contributed by atoms with E-state index in [9.17, 15) is 19.7 Å². The first-order valence-corrected chi connectivity index (χ1v) is 10.2. The minimum atomic E-state index is -0.815. The number of nitro groups is 1. The van der Waals surface area contributed by atoms with Crippen LogP contribution >= 0.6 is 11.5 Å². The van der Waals surface area contributed by atoms with Crippen molar-refractivity contribution in [3.05, 3.63) is 92.9 Å². The predicted octanol–water partition coefficient (Wildman–Crippen LogP) is 3.90. The molecule has 10 heteroatoms. The zero-order valence-corrected chi connectivity index (χ0v) is 17.5. The first-order chi connectivity index (χ1) is 15.4. The summed E-state index contributed by atoms with van der Waals surface area (Å²) in [5, 5.41) is 23.2. The fourth-order valence-electron chi connectivity index (χ4n) is 3.30. The largest absolute Gasteiger partial charge is 0.313 e. The van der Waals surface area contributed by atoms with Gasteiger partial charge in [0.2, 0.25) is 0 Å². The second-order valence-corrected chi connectivity index (χ2v) is 7.86. The summed E-state index contributed by atoms with van der Waals surface area (Å²) in [7, 11) is 0. The summed E-state index contributed by atoms with van der Waals surface area (Å²) in [4.78, 5) is 36.2. The van der Waals surface area contributed by atoms with Crippen molar-refractivity contribution in [2.24, 2.45) is 0 Å². The van der Waals surface area contributed by atoms with E-state index in [1.54, 1.807) is 47.7 Å². The molecule has 3 heterocycles. The van der Waals surface area contributed by atoms with Gasteiger partial charge in [-0.3, -0.25) is 19.7 Å². The monoisotopic (exact) mass is 445 g/mol. The number of ketones is 1. The van der Waals surface area contributed by atoms with Crippen LogP contribution in [0.4, 0.5) is 10.7 Å². The summed E-state index contributed by atoms with van der Waals surface area (Å²) in [5.41, 5.74) is 3.07. The summed E-state index contributed by atoms with van der Waals surface area (Å²) in [6, 6.07) is 14.9. The highest BCUT2D eigenvalue weighted by Crippen LogP contribution is 2.25. The minimum absolute atomic E-state index is 0.141. The lowest BCUT2D eigenvalue weighted by Gasteiger charge is -2.04. The SMILES string of the molecule is Cc1cc(NC(=O)C(=O)c2cc(Cc3ccc(C#N)cc3)n3cc([N+](=O)[O-])ccc23)sn1. The van der Waals surface area contributed by atoms with Gasteiger partial charge < -0.3 is 9.72 Å². The number of Topliss-reactive ketones (excluding diaryl/α,β-unsaturated/α-hetero) is 1. The molecule has 0 saturated heterocycles. The summed E-state index contributed by atoms with van der Waals surface area (Å²) in [5.74, 6) is -1.57. The number of aryl methyl sites for hydroxylation is 1. The number of carbonyl (C=O) groups excluding carboxylic acids is 2. The topological polar surface area (TPSA) is 130 Å². The van der Waals surface area contributed by atoms with Gasteiger partial charge in [-0.05, 0) is 54.4 Å². The van der Waals surface area contributed by atoms with Crippen LogP contribution in [0, 0.1) is 28.4 Å². The van der Waals surface area contributed by atoms with Crippen LogP contribution in [0.5, 0.6) is 0 Å². The lowest BCUT2D eigenvalue weighted by molar-refractivity contribution is -0.385. The van der Waals surface area contributed by atoms with Crippen LogP contribution in [0.2, 0.25) is 0 Å². The van der Waals surface area contributed by atoms with Crippen LogP contribution in [-0.2, 0) is 11.2 Å². The van der Waals surface area contributed by atoms with Gasteiger partial charge in [0.25, 0.3) is 17.4 Å². The van der Waals surface area contributed by atoms with Gasteiger partial charge in [-0.2, -0.15) is 9.64 Å². The molecule has 0 atom stereocenters. The fraction of sp³-hybridized carbons (Fsp3) is 0.0909. The van der Waals surface area contributed by atoms with Crippen molar-refractivity contribution in [3.63, 3.8) is 0 Å². The Bertz CT molecular complexity index is 1410. The predicted molar refractivity (Wildman–Crippen MR) is 118 cm³/mol. The molecule has 0 fully saturated rings. The molecular formula is C22H15N5O4S. The Morgan fingerprint density at radius 2 is 1.97 bits per heavy atom. The normalized spacial score (nSPS) is 10.6. The van der Waals surface area contributed by atoms with E-state index in [-0.39, 0.29) is 11.3 Å². The second kappa shape index (κ2) is 8.41. The molecule has 1 amide bonds. The van der Waals surface area contributed by atoms with Crippen LogP contribution in [0.15, 0.2) is 54.7 Å². The number of amides is 1. The Morgan fingerprint density at radius 1 is 1.22 bits per heavy atom. The molecule has 1 aromatic carbocycles. The first kappa shape index (κ1) is 20.9. The van der Waals surface area contributed by atoms with Gasteiger partial charge in [-0.1, -0.05) is 12.1 Å². The number of nitrogens with zero attached hydrogens (tertiary/aromatic N) is 4. The smallest absolute Gasteiger partial charge is 0.297 e. The molecule has 9 nitrogen and oxygen atoms in total. The van der Waals surface area contributed by atoms with Crippen LogP contribution in [0.25, 0.3) is 5.52 Å². The Hall–Kier alpha value is -4.36. The number of fused-ring (bicyclic) bond motifs is 1. The van der Waals surface area contributed by atoms with Crippen LogP contribution in [0.1, 0.15) is 32.9 Å². The van der Waals surface area contributed by atoms with Crippen molar-refractivity contribution >= 4 is 39.4 Å². The van der Waals surface area contributed by atoms with E-state index in [0.29, 0.717) is 28.2 Å². The van der Waals surface area contributed by atoms with E-state index < -0.39 is 16.6 Å². The van der Waals surface area contributed by atoms with Crippen molar-refractivity contribution in [2.45, 2.75) is 13.3 Å². The molecule has 0 bridgehead atoms. The number of carbonyl (C=O) groups is 2. The molecule has 0 spiro atoms. The molecule has 32 heavy (non-hydrogen) atoms. The average Bonchev–Trinajstić information content (AvgIpc) is 3.36. The standard InChI is InChI=1S/C22H15N5O4S/c1-13-8-20(32-25-13)24-22(29)21(28)18-10-17(9-14-2-4-15(11-23)5-3-14)26-12-16(27(30)31)6-7-19(18)26/h2-8,10,12H,9H2,1H3,(H,24,29). The Labute approximate surface area is 185 Å². The molecule has 158 valence electrons. The number of benzene rings is 1. The molecular weight excluding hydrogens is 430 g/mol. The molecule has 0 saturated carbocycles. The van der Waals surface area contributed by atoms with Gasteiger partial charge in [0.1, 0.15) is 5.00 Å². The number of hydrogen-bond acceptors (Lipinski definition) is 7. The molecule has 1 N–H and O–H groups in total. The van der Waals surface area contributed by atoms with E-state index in [1.165, 1.54) is 18.3 Å².